The van der Waals surface area contributed by atoms with Gasteiger partial charge in [-0.1, -0.05) is 0 Å². The smallest absolute Gasteiger partial charge is 0.253 e. The largest absolute Gasteiger partial charge is 0.366 e. The molecule has 0 spiro atoms. The Bertz CT molecular complexity index is 189. The molecule has 1 N–H and O–H groups in total. The summed E-state index contributed by atoms with van der Waals surface area (Å²) in [6.45, 7) is 4.03. The number of carbonyl (C=O) groups is 1. The molecule has 1 amide bonds. The quantitative estimate of drug-likeness (QED) is 0.678. The highest BCUT2D eigenvalue weighted by Crippen LogP contribution is 2.11. The van der Waals surface area contributed by atoms with Gasteiger partial charge in [-0.05, 0) is 12.8 Å². The first-order chi connectivity index (χ1) is 6.38. The Morgan fingerprint density at radius 2 is 2.07 bits per heavy atom. The van der Waals surface area contributed by atoms with E-state index in [9.17, 15) is 4.79 Å². The minimum Gasteiger partial charge on any atom is -0.366 e. The van der Waals surface area contributed by atoms with Crippen LogP contribution in [-0.4, -0.2) is 49.7 Å². The predicted octanol–water partition coefficient (Wildman–Crippen LogP) is 0.0190. The Hall–Kier alpha value is -0.320. The summed E-state index contributed by atoms with van der Waals surface area (Å²) in [6.07, 6.45) is 2.06. The number of nitrogens with zero attached hydrogens (tertiary/aromatic N) is 1. The van der Waals surface area contributed by atoms with Gasteiger partial charge in [0.15, 0.2) is 0 Å². The molecule has 2 rings (SSSR count). The molecule has 0 aromatic carbocycles. The number of nitrogens with one attached hydrogen (secondary N) is 1. The molecule has 4 nitrogen and oxygen atoms in total. The summed E-state index contributed by atoms with van der Waals surface area (Å²) in [6, 6.07) is 0. The van der Waals surface area contributed by atoms with Gasteiger partial charge < -0.3 is 15.0 Å². The van der Waals surface area contributed by atoms with Crippen LogP contribution in [-0.2, 0) is 9.53 Å². The molecule has 2 aliphatic heterocycles. The molecular formula is C9H17ClN2O2. The Morgan fingerprint density at radius 3 is 2.64 bits per heavy atom. The van der Waals surface area contributed by atoms with Gasteiger partial charge in [-0.2, -0.15) is 0 Å². The first-order valence-corrected chi connectivity index (χ1v) is 4.99. The van der Waals surface area contributed by atoms with E-state index < -0.39 is 0 Å². The van der Waals surface area contributed by atoms with Crippen LogP contribution in [0.4, 0.5) is 0 Å². The maximum absolute atomic E-state index is 11.8. The Kier molecular flexibility index (Phi) is 4.65. The fourth-order valence-corrected chi connectivity index (χ4v) is 1.87. The van der Waals surface area contributed by atoms with E-state index in [0.717, 1.165) is 32.5 Å². The molecule has 5 heteroatoms. The van der Waals surface area contributed by atoms with Crippen molar-refractivity contribution in [2.75, 3.05) is 32.8 Å². The number of amides is 1. The number of rotatable bonds is 1. The van der Waals surface area contributed by atoms with Crippen molar-refractivity contribution < 1.29 is 9.53 Å². The van der Waals surface area contributed by atoms with Gasteiger partial charge in [-0.25, -0.2) is 0 Å². The molecule has 0 bridgehead atoms. The summed E-state index contributed by atoms with van der Waals surface area (Å²) >= 11 is 0. The van der Waals surface area contributed by atoms with Gasteiger partial charge in [-0.3, -0.25) is 4.79 Å². The van der Waals surface area contributed by atoms with E-state index in [4.69, 9.17) is 4.74 Å². The number of ether oxygens (including phenoxy) is 1. The van der Waals surface area contributed by atoms with E-state index >= 15 is 0 Å². The number of halogens is 1. The molecule has 0 radical (unpaired) electrons. The second-order valence-corrected chi connectivity index (χ2v) is 3.60. The Balaban J connectivity index is 0.000000980. The van der Waals surface area contributed by atoms with Crippen LogP contribution < -0.4 is 5.32 Å². The highest BCUT2D eigenvalue weighted by molar-refractivity contribution is 5.85. The van der Waals surface area contributed by atoms with Gasteiger partial charge in [-0.15, -0.1) is 12.4 Å². The predicted molar refractivity (Wildman–Crippen MR) is 55.7 cm³/mol. The summed E-state index contributed by atoms with van der Waals surface area (Å²) in [5.41, 5.74) is 0. The zero-order chi connectivity index (χ0) is 9.10. The zero-order valence-corrected chi connectivity index (χ0v) is 9.02. The average molecular weight is 221 g/mol. The lowest BCUT2D eigenvalue weighted by molar-refractivity contribution is -0.144. The minimum absolute atomic E-state index is 0. The third-order valence-corrected chi connectivity index (χ3v) is 2.62. The lowest BCUT2D eigenvalue weighted by Crippen LogP contribution is -2.48. The van der Waals surface area contributed by atoms with Gasteiger partial charge in [0.2, 0.25) is 0 Å². The molecule has 0 saturated carbocycles. The van der Waals surface area contributed by atoms with E-state index in [1.165, 1.54) is 0 Å². The first kappa shape index (κ1) is 11.8. The van der Waals surface area contributed by atoms with Crippen LogP contribution in [0.15, 0.2) is 0 Å². The van der Waals surface area contributed by atoms with Crippen LogP contribution in [0.1, 0.15) is 12.8 Å². The van der Waals surface area contributed by atoms with Crippen molar-refractivity contribution in [3.05, 3.63) is 0 Å². The molecule has 82 valence electrons. The lowest BCUT2D eigenvalue weighted by atomic mass is 10.2. The minimum atomic E-state index is -0.230. The molecule has 2 saturated heterocycles. The third-order valence-electron chi connectivity index (χ3n) is 2.62. The fourth-order valence-electron chi connectivity index (χ4n) is 1.87. The first-order valence-electron chi connectivity index (χ1n) is 4.99. The molecule has 0 aromatic rings. The molecule has 0 aliphatic carbocycles. The molecule has 1 unspecified atom stereocenters. The van der Waals surface area contributed by atoms with Crippen LogP contribution in [0.25, 0.3) is 0 Å². The van der Waals surface area contributed by atoms with Gasteiger partial charge in [0.05, 0.1) is 6.61 Å². The topological polar surface area (TPSA) is 41.6 Å². The van der Waals surface area contributed by atoms with Crippen LogP contribution in [0.2, 0.25) is 0 Å². The summed E-state index contributed by atoms with van der Waals surface area (Å²) in [4.78, 5) is 13.7. The van der Waals surface area contributed by atoms with E-state index in [2.05, 4.69) is 5.32 Å². The normalized spacial score (nSPS) is 27.1. The van der Waals surface area contributed by atoms with Crippen LogP contribution >= 0.6 is 12.4 Å². The SMILES string of the molecule is Cl.O=C(C1CNCCO1)N1CCCC1. The number of morpholine rings is 1. The van der Waals surface area contributed by atoms with Crippen molar-refractivity contribution in [1.82, 2.24) is 10.2 Å². The molecule has 2 aliphatic rings. The molecule has 0 aromatic heterocycles. The maximum Gasteiger partial charge on any atom is 0.253 e. The van der Waals surface area contributed by atoms with Crippen molar-refractivity contribution in [3.8, 4) is 0 Å². The molecule has 2 fully saturated rings. The van der Waals surface area contributed by atoms with Gasteiger partial charge >= 0.3 is 0 Å². The Morgan fingerprint density at radius 1 is 1.36 bits per heavy atom. The van der Waals surface area contributed by atoms with Gasteiger partial charge in [0.25, 0.3) is 5.91 Å². The highest BCUT2D eigenvalue weighted by Gasteiger charge is 2.28. The van der Waals surface area contributed by atoms with Crippen LogP contribution in [0.5, 0.6) is 0 Å². The summed E-state index contributed by atoms with van der Waals surface area (Å²) in [7, 11) is 0. The van der Waals surface area contributed by atoms with E-state index in [1.54, 1.807) is 0 Å². The number of hydrogen-bond donors (Lipinski definition) is 1. The summed E-state index contributed by atoms with van der Waals surface area (Å²) < 4.78 is 5.40. The van der Waals surface area contributed by atoms with Crippen molar-refractivity contribution in [2.45, 2.75) is 18.9 Å². The maximum atomic E-state index is 11.8. The third kappa shape index (κ3) is 2.59. The Labute approximate surface area is 90.4 Å². The second kappa shape index (κ2) is 5.53. The summed E-state index contributed by atoms with van der Waals surface area (Å²) in [5.74, 6) is 0.171. The van der Waals surface area contributed by atoms with Crippen molar-refractivity contribution >= 4 is 18.3 Å². The highest BCUT2D eigenvalue weighted by atomic mass is 35.5. The van der Waals surface area contributed by atoms with Crippen molar-refractivity contribution in [1.29, 1.82) is 0 Å². The average Bonchev–Trinajstić information content (AvgIpc) is 2.71. The second-order valence-electron chi connectivity index (χ2n) is 3.60. The van der Waals surface area contributed by atoms with Gasteiger partial charge in [0, 0.05) is 26.2 Å². The number of carbonyl (C=O) groups excluding carboxylic acids is 1. The molecule has 2 heterocycles. The molecule has 1 atom stereocenters. The fraction of sp³-hybridized carbons (Fsp3) is 0.889. The summed E-state index contributed by atoms with van der Waals surface area (Å²) in [5, 5.41) is 3.17. The lowest BCUT2D eigenvalue weighted by Gasteiger charge is -2.26. The van der Waals surface area contributed by atoms with E-state index in [-0.39, 0.29) is 24.4 Å². The number of hydrogen-bond acceptors (Lipinski definition) is 3. The van der Waals surface area contributed by atoms with E-state index in [1.807, 2.05) is 4.90 Å². The van der Waals surface area contributed by atoms with Crippen molar-refractivity contribution in [3.63, 3.8) is 0 Å². The zero-order valence-electron chi connectivity index (χ0n) is 8.20. The number of likely N-dealkylation sites (tertiary alicyclic amines) is 1. The molecule has 14 heavy (non-hydrogen) atoms. The van der Waals surface area contributed by atoms with Crippen LogP contribution in [0.3, 0.4) is 0 Å². The van der Waals surface area contributed by atoms with Gasteiger partial charge in [0.1, 0.15) is 6.10 Å². The standard InChI is InChI=1S/C9H16N2O2.ClH/c12-9(11-4-1-2-5-11)8-7-10-3-6-13-8;/h8,10H,1-7H2;1H. The molecular weight excluding hydrogens is 204 g/mol. The monoisotopic (exact) mass is 220 g/mol. The van der Waals surface area contributed by atoms with E-state index in [0.29, 0.717) is 13.2 Å². The van der Waals surface area contributed by atoms with Crippen LogP contribution in [0, 0.1) is 0 Å². The van der Waals surface area contributed by atoms with Crippen molar-refractivity contribution in [2.24, 2.45) is 0 Å².